The van der Waals surface area contributed by atoms with E-state index in [1.165, 1.54) is 11.3 Å². The fourth-order valence-corrected chi connectivity index (χ4v) is 4.32. The molecular formula is C8H10BrNO2S2. The van der Waals surface area contributed by atoms with Crippen LogP contribution in [0.3, 0.4) is 0 Å². The zero-order valence-electron chi connectivity index (χ0n) is 7.36. The molecule has 1 saturated carbocycles. The fourth-order valence-electron chi connectivity index (χ4n) is 1.05. The van der Waals surface area contributed by atoms with Gasteiger partial charge in [0.25, 0.3) is 0 Å². The van der Waals surface area contributed by atoms with Gasteiger partial charge in [-0.1, -0.05) is 0 Å². The summed E-state index contributed by atoms with van der Waals surface area (Å²) in [5, 5.41) is 3.01. The van der Waals surface area contributed by atoms with Crippen LogP contribution in [0, 0.1) is 0 Å². The third kappa shape index (κ3) is 2.56. The average molecular weight is 296 g/mol. The monoisotopic (exact) mass is 295 g/mol. The van der Waals surface area contributed by atoms with Crippen molar-refractivity contribution in [2.75, 3.05) is 5.88 Å². The first-order valence-corrected chi connectivity index (χ1v) is 7.55. The standard InChI is InChI=1S/C8H10BrNO2S2/c9-7-3-4-8(13-7)14(11,12)5-10-6-1-2-6/h3-4,6,10H,1-2,5H2. The second-order valence-corrected chi connectivity index (χ2v) is 7.98. The smallest absolute Gasteiger partial charge is 0.200 e. The van der Waals surface area contributed by atoms with Crippen LogP contribution in [0.15, 0.2) is 20.1 Å². The van der Waals surface area contributed by atoms with Gasteiger partial charge in [-0.15, -0.1) is 11.3 Å². The lowest BCUT2D eigenvalue weighted by molar-refractivity contribution is 0.588. The Morgan fingerprint density at radius 1 is 1.50 bits per heavy atom. The molecule has 14 heavy (non-hydrogen) atoms. The summed E-state index contributed by atoms with van der Waals surface area (Å²) >= 11 is 4.51. The number of thiophene rings is 1. The third-order valence-electron chi connectivity index (χ3n) is 1.99. The first kappa shape index (κ1) is 10.6. The fraction of sp³-hybridized carbons (Fsp3) is 0.500. The van der Waals surface area contributed by atoms with Gasteiger partial charge in [0, 0.05) is 6.04 Å². The molecule has 0 aromatic carbocycles. The summed E-state index contributed by atoms with van der Waals surface area (Å²) in [5.41, 5.74) is 0. The van der Waals surface area contributed by atoms with E-state index < -0.39 is 9.84 Å². The Balaban J connectivity index is 2.06. The van der Waals surface area contributed by atoms with E-state index in [0.29, 0.717) is 10.3 Å². The summed E-state index contributed by atoms with van der Waals surface area (Å²) in [7, 11) is -3.12. The van der Waals surface area contributed by atoms with Crippen LogP contribution in [0.2, 0.25) is 0 Å². The van der Waals surface area contributed by atoms with Crippen molar-refractivity contribution in [1.29, 1.82) is 0 Å². The normalized spacial score (nSPS) is 17.2. The van der Waals surface area contributed by atoms with E-state index in [1.54, 1.807) is 12.1 Å². The van der Waals surface area contributed by atoms with E-state index in [2.05, 4.69) is 21.2 Å². The molecule has 1 aliphatic rings. The Morgan fingerprint density at radius 2 is 2.21 bits per heavy atom. The van der Waals surface area contributed by atoms with Gasteiger partial charge in [-0.05, 0) is 40.9 Å². The molecule has 2 rings (SSSR count). The Kier molecular flexibility index (Phi) is 2.97. The molecule has 1 N–H and O–H groups in total. The van der Waals surface area contributed by atoms with Crippen LogP contribution in [-0.2, 0) is 9.84 Å². The number of sulfone groups is 1. The van der Waals surface area contributed by atoms with E-state index in [0.717, 1.165) is 16.6 Å². The Bertz CT molecular complexity index is 422. The van der Waals surface area contributed by atoms with E-state index in [-0.39, 0.29) is 5.88 Å². The Morgan fingerprint density at radius 3 is 2.71 bits per heavy atom. The number of nitrogens with one attached hydrogen (secondary N) is 1. The predicted molar refractivity (Wildman–Crippen MR) is 60.2 cm³/mol. The van der Waals surface area contributed by atoms with Crippen molar-refractivity contribution >= 4 is 37.1 Å². The maximum atomic E-state index is 11.7. The molecule has 0 unspecified atom stereocenters. The average Bonchev–Trinajstić information content (AvgIpc) is 2.85. The van der Waals surface area contributed by atoms with Gasteiger partial charge in [-0.3, -0.25) is 0 Å². The van der Waals surface area contributed by atoms with Crippen LogP contribution in [0.25, 0.3) is 0 Å². The number of halogens is 1. The highest BCUT2D eigenvalue weighted by Crippen LogP contribution is 2.27. The molecule has 0 atom stereocenters. The van der Waals surface area contributed by atoms with Gasteiger partial charge in [-0.2, -0.15) is 0 Å². The van der Waals surface area contributed by atoms with Crippen molar-refractivity contribution in [3.63, 3.8) is 0 Å². The molecule has 0 saturated heterocycles. The first-order valence-electron chi connectivity index (χ1n) is 4.29. The summed E-state index contributed by atoms with van der Waals surface area (Å²) in [6.45, 7) is 0. The summed E-state index contributed by atoms with van der Waals surface area (Å²) < 4.78 is 24.7. The van der Waals surface area contributed by atoms with E-state index in [4.69, 9.17) is 0 Å². The highest BCUT2D eigenvalue weighted by Gasteiger charge is 2.24. The molecule has 1 aromatic rings. The lowest BCUT2D eigenvalue weighted by Gasteiger charge is -2.01. The number of hydrogen-bond acceptors (Lipinski definition) is 4. The number of rotatable bonds is 4. The molecule has 1 heterocycles. The molecule has 1 fully saturated rings. The molecule has 3 nitrogen and oxygen atoms in total. The minimum absolute atomic E-state index is 0.0601. The van der Waals surface area contributed by atoms with Gasteiger partial charge in [0.2, 0.25) is 9.84 Å². The molecule has 0 radical (unpaired) electrons. The quantitative estimate of drug-likeness (QED) is 0.924. The van der Waals surface area contributed by atoms with Gasteiger partial charge in [0.1, 0.15) is 10.1 Å². The molecule has 1 aromatic heterocycles. The van der Waals surface area contributed by atoms with E-state index in [9.17, 15) is 8.42 Å². The van der Waals surface area contributed by atoms with Gasteiger partial charge in [0.05, 0.1) is 3.79 Å². The van der Waals surface area contributed by atoms with Crippen molar-refractivity contribution < 1.29 is 8.42 Å². The predicted octanol–water partition coefficient (Wildman–Crippen LogP) is 1.99. The lowest BCUT2D eigenvalue weighted by atomic mass is 10.7. The summed E-state index contributed by atoms with van der Waals surface area (Å²) in [6.07, 6.45) is 2.20. The minimum Gasteiger partial charge on any atom is -0.301 e. The topological polar surface area (TPSA) is 46.2 Å². The summed E-state index contributed by atoms with van der Waals surface area (Å²) in [6, 6.07) is 3.82. The Hall–Kier alpha value is 0.0900. The van der Waals surface area contributed by atoms with Crippen molar-refractivity contribution in [1.82, 2.24) is 5.32 Å². The van der Waals surface area contributed by atoms with Crippen molar-refractivity contribution in [3.8, 4) is 0 Å². The molecule has 0 aliphatic heterocycles. The second kappa shape index (κ2) is 3.92. The molecule has 0 spiro atoms. The maximum absolute atomic E-state index is 11.7. The molecular weight excluding hydrogens is 286 g/mol. The lowest BCUT2D eigenvalue weighted by Crippen LogP contribution is -2.24. The van der Waals surface area contributed by atoms with Crippen LogP contribution in [0.4, 0.5) is 0 Å². The van der Waals surface area contributed by atoms with Crippen molar-refractivity contribution in [2.45, 2.75) is 23.1 Å². The molecule has 1 aliphatic carbocycles. The summed E-state index contributed by atoms with van der Waals surface area (Å²) in [5.74, 6) is 0.0601. The first-order chi connectivity index (χ1) is 6.58. The van der Waals surface area contributed by atoms with Crippen LogP contribution in [-0.4, -0.2) is 20.3 Å². The molecule has 6 heteroatoms. The zero-order chi connectivity index (χ0) is 10.2. The highest BCUT2D eigenvalue weighted by molar-refractivity contribution is 9.11. The van der Waals surface area contributed by atoms with Crippen molar-refractivity contribution in [3.05, 3.63) is 15.9 Å². The second-order valence-electron chi connectivity index (χ2n) is 3.30. The van der Waals surface area contributed by atoms with Gasteiger partial charge < -0.3 is 5.32 Å². The molecule has 78 valence electrons. The van der Waals surface area contributed by atoms with Gasteiger partial charge in [0.15, 0.2) is 0 Å². The van der Waals surface area contributed by atoms with Gasteiger partial charge in [-0.25, -0.2) is 8.42 Å². The molecule has 0 bridgehead atoms. The molecule has 0 amide bonds. The maximum Gasteiger partial charge on any atom is 0.200 e. The Labute approximate surface area is 95.6 Å². The number of hydrogen-bond donors (Lipinski definition) is 1. The highest BCUT2D eigenvalue weighted by atomic mass is 79.9. The minimum atomic E-state index is -3.12. The van der Waals surface area contributed by atoms with Crippen molar-refractivity contribution in [2.24, 2.45) is 0 Å². The zero-order valence-corrected chi connectivity index (χ0v) is 10.6. The van der Waals surface area contributed by atoms with Crippen LogP contribution >= 0.6 is 27.3 Å². The van der Waals surface area contributed by atoms with Gasteiger partial charge >= 0.3 is 0 Å². The van der Waals surface area contributed by atoms with E-state index >= 15 is 0 Å². The third-order valence-corrected chi connectivity index (χ3v) is 5.72. The van der Waals surface area contributed by atoms with Crippen LogP contribution in [0.5, 0.6) is 0 Å². The SMILES string of the molecule is O=S(=O)(CNC1CC1)c1ccc(Br)s1. The van der Waals surface area contributed by atoms with Crippen LogP contribution < -0.4 is 5.32 Å². The van der Waals surface area contributed by atoms with E-state index in [1.807, 2.05) is 0 Å². The largest absolute Gasteiger partial charge is 0.301 e. The summed E-state index contributed by atoms with van der Waals surface area (Å²) in [4.78, 5) is 0. The van der Waals surface area contributed by atoms with Crippen LogP contribution in [0.1, 0.15) is 12.8 Å².